The van der Waals surface area contributed by atoms with Gasteiger partial charge in [-0.1, -0.05) is 73.9 Å². The van der Waals surface area contributed by atoms with Crippen LogP contribution in [0.1, 0.15) is 43.2 Å². The van der Waals surface area contributed by atoms with Crippen molar-refractivity contribution in [3.05, 3.63) is 83.3 Å². The maximum atomic E-state index is 13.7. The predicted octanol–water partition coefficient (Wildman–Crippen LogP) is 4.48. The number of benzene rings is 2. The topological polar surface area (TPSA) is 66.5 Å². The van der Waals surface area contributed by atoms with Crippen molar-refractivity contribution in [2.24, 2.45) is 5.92 Å². The van der Waals surface area contributed by atoms with Crippen LogP contribution >= 0.6 is 0 Å². The molecule has 1 N–H and O–H groups in total. The molecule has 0 atom stereocenters. The third kappa shape index (κ3) is 4.17. The third-order valence-corrected chi connectivity index (χ3v) is 7.89. The number of para-hydroxylation sites is 1. The van der Waals surface area contributed by atoms with Gasteiger partial charge in [-0.2, -0.15) is 0 Å². The zero-order valence-electron chi connectivity index (χ0n) is 17.6. The van der Waals surface area contributed by atoms with E-state index >= 15 is 0 Å². The van der Waals surface area contributed by atoms with Gasteiger partial charge >= 0.3 is 0 Å². The number of anilines is 1. The van der Waals surface area contributed by atoms with E-state index in [9.17, 15) is 13.2 Å². The van der Waals surface area contributed by atoms with Crippen molar-refractivity contribution < 1.29 is 13.2 Å². The highest BCUT2D eigenvalue weighted by Crippen LogP contribution is 2.42. The van der Waals surface area contributed by atoms with Crippen LogP contribution in [0.2, 0.25) is 0 Å². The second-order valence-electron chi connectivity index (χ2n) is 8.13. The minimum atomic E-state index is -4.06. The number of nitrogens with zero attached hydrogens (tertiary/aromatic N) is 1. The van der Waals surface area contributed by atoms with Gasteiger partial charge in [0.15, 0.2) is 4.91 Å². The Morgan fingerprint density at radius 1 is 1.03 bits per heavy atom. The molecule has 1 heterocycles. The molecule has 6 heteroatoms. The maximum Gasteiger partial charge on any atom is 0.270 e. The second kappa shape index (κ2) is 9.10. The zero-order valence-corrected chi connectivity index (χ0v) is 18.4. The van der Waals surface area contributed by atoms with Crippen LogP contribution in [-0.4, -0.2) is 27.4 Å². The van der Waals surface area contributed by atoms with Crippen molar-refractivity contribution in [1.29, 1.82) is 0 Å². The quantitative estimate of drug-likeness (QED) is 0.679. The summed E-state index contributed by atoms with van der Waals surface area (Å²) < 4.78 is 28.7. The van der Waals surface area contributed by atoms with Gasteiger partial charge in [0.1, 0.15) is 0 Å². The number of carbonyl (C=O) groups is 1. The summed E-state index contributed by atoms with van der Waals surface area (Å²) in [6, 6.07) is 16.6. The van der Waals surface area contributed by atoms with E-state index in [1.165, 1.54) is 10.7 Å². The average molecular weight is 437 g/mol. The Morgan fingerprint density at radius 2 is 1.71 bits per heavy atom. The molecule has 1 saturated carbocycles. The Kier molecular flexibility index (Phi) is 6.28. The number of sulfonamides is 1. The van der Waals surface area contributed by atoms with Crippen molar-refractivity contribution in [3.63, 3.8) is 0 Å². The molecule has 4 rings (SSSR count). The van der Waals surface area contributed by atoms with Crippen molar-refractivity contribution in [1.82, 2.24) is 5.32 Å². The SMILES string of the molecule is C=CCN1c2ccccc2C(c2ccccc2)=C(C(=O)NCC2CCCCC2)S1(=O)=O. The van der Waals surface area contributed by atoms with Crippen LogP contribution in [0, 0.1) is 5.92 Å². The average Bonchev–Trinajstić information content (AvgIpc) is 2.80. The van der Waals surface area contributed by atoms with E-state index in [2.05, 4.69) is 11.9 Å². The molecule has 0 aromatic heterocycles. The van der Waals surface area contributed by atoms with Gasteiger partial charge in [-0.05, 0) is 30.4 Å². The molecule has 0 unspecified atom stereocenters. The van der Waals surface area contributed by atoms with Gasteiger partial charge in [0.2, 0.25) is 0 Å². The normalized spacial score (nSPS) is 18.4. The lowest BCUT2D eigenvalue weighted by molar-refractivity contribution is -0.117. The molecule has 2 aromatic rings. The molecule has 0 saturated heterocycles. The summed E-state index contributed by atoms with van der Waals surface area (Å²) in [5.41, 5.74) is 2.45. The van der Waals surface area contributed by atoms with Crippen molar-refractivity contribution in [3.8, 4) is 0 Å². The maximum absolute atomic E-state index is 13.7. The predicted molar refractivity (Wildman–Crippen MR) is 125 cm³/mol. The molecule has 1 fully saturated rings. The highest BCUT2D eigenvalue weighted by molar-refractivity contribution is 7.97. The van der Waals surface area contributed by atoms with E-state index < -0.39 is 15.9 Å². The zero-order chi connectivity index (χ0) is 21.8. The number of carbonyl (C=O) groups excluding carboxylic acids is 1. The number of rotatable bonds is 6. The highest BCUT2D eigenvalue weighted by atomic mass is 32.2. The summed E-state index contributed by atoms with van der Waals surface area (Å²) in [7, 11) is -4.06. The first kappa shape index (κ1) is 21.4. The first-order valence-corrected chi connectivity index (χ1v) is 12.3. The van der Waals surface area contributed by atoms with Gasteiger partial charge in [-0.15, -0.1) is 6.58 Å². The van der Waals surface area contributed by atoms with Gasteiger partial charge in [0.05, 0.1) is 12.2 Å². The fourth-order valence-electron chi connectivity index (χ4n) is 4.54. The van der Waals surface area contributed by atoms with E-state index in [0.717, 1.165) is 31.2 Å². The van der Waals surface area contributed by atoms with Crippen LogP contribution in [0.4, 0.5) is 5.69 Å². The van der Waals surface area contributed by atoms with E-state index in [1.54, 1.807) is 18.2 Å². The lowest BCUT2D eigenvalue weighted by atomic mass is 9.89. The summed E-state index contributed by atoms with van der Waals surface area (Å²) in [5, 5.41) is 2.94. The standard InChI is InChI=1S/C25H28N2O3S/c1-2-17-27-22-16-10-9-15-21(22)23(20-13-7-4-8-14-20)24(31(27,29)30)25(28)26-18-19-11-5-3-6-12-19/h2,4,7-10,13-16,19H,1,3,5-6,11-12,17-18H2,(H,26,28). The summed E-state index contributed by atoms with van der Waals surface area (Å²) in [4.78, 5) is 13.2. The molecule has 2 aromatic carbocycles. The number of hydrogen-bond acceptors (Lipinski definition) is 3. The van der Waals surface area contributed by atoms with Gasteiger partial charge < -0.3 is 5.32 Å². The van der Waals surface area contributed by atoms with E-state index in [1.807, 2.05) is 42.5 Å². The van der Waals surface area contributed by atoms with Crippen LogP contribution in [-0.2, 0) is 14.8 Å². The fraction of sp³-hybridized carbons (Fsp3) is 0.320. The molecule has 1 aliphatic carbocycles. The van der Waals surface area contributed by atoms with Crippen LogP contribution < -0.4 is 9.62 Å². The summed E-state index contributed by atoms with van der Waals surface area (Å²) in [6.45, 7) is 4.32. The third-order valence-electron chi connectivity index (χ3n) is 6.06. The largest absolute Gasteiger partial charge is 0.351 e. The fourth-order valence-corrected chi connectivity index (χ4v) is 6.27. The van der Waals surface area contributed by atoms with Crippen LogP contribution in [0.5, 0.6) is 0 Å². The second-order valence-corrected chi connectivity index (χ2v) is 9.93. The number of amides is 1. The molecule has 1 amide bonds. The molecule has 162 valence electrons. The summed E-state index contributed by atoms with van der Waals surface area (Å²) >= 11 is 0. The Labute approximate surface area is 184 Å². The molecule has 0 radical (unpaired) electrons. The molecule has 0 spiro atoms. The van der Waals surface area contributed by atoms with Gasteiger partial charge in [-0.3, -0.25) is 9.10 Å². The molecule has 1 aliphatic heterocycles. The Morgan fingerprint density at radius 3 is 2.42 bits per heavy atom. The van der Waals surface area contributed by atoms with Gasteiger partial charge in [0, 0.05) is 17.7 Å². The first-order chi connectivity index (χ1) is 15.0. The number of hydrogen-bond donors (Lipinski definition) is 1. The highest BCUT2D eigenvalue weighted by Gasteiger charge is 2.40. The van der Waals surface area contributed by atoms with Crippen LogP contribution in [0.15, 0.2) is 72.2 Å². The van der Waals surface area contributed by atoms with Crippen molar-refractivity contribution in [2.45, 2.75) is 32.1 Å². The number of fused-ring (bicyclic) bond motifs is 1. The molecular weight excluding hydrogens is 408 g/mol. The molecule has 5 nitrogen and oxygen atoms in total. The van der Waals surface area contributed by atoms with E-state index in [0.29, 0.717) is 29.3 Å². The monoisotopic (exact) mass is 436 g/mol. The van der Waals surface area contributed by atoms with E-state index in [4.69, 9.17) is 0 Å². The summed E-state index contributed by atoms with van der Waals surface area (Å²) in [5.74, 6) is -0.130. The molecule has 31 heavy (non-hydrogen) atoms. The number of nitrogens with one attached hydrogen (secondary N) is 1. The molecule has 2 aliphatic rings. The van der Waals surface area contributed by atoms with Crippen LogP contribution in [0.3, 0.4) is 0 Å². The molecule has 0 bridgehead atoms. The Hall–Kier alpha value is -2.86. The Bertz CT molecular complexity index is 1100. The lowest BCUT2D eigenvalue weighted by Crippen LogP contribution is -2.42. The van der Waals surface area contributed by atoms with Crippen molar-refractivity contribution >= 4 is 27.2 Å². The molecular formula is C25H28N2O3S. The summed E-state index contributed by atoms with van der Waals surface area (Å²) in [6.07, 6.45) is 7.25. The smallest absolute Gasteiger partial charge is 0.270 e. The van der Waals surface area contributed by atoms with Crippen molar-refractivity contribution in [2.75, 3.05) is 17.4 Å². The van der Waals surface area contributed by atoms with E-state index in [-0.39, 0.29) is 11.4 Å². The minimum absolute atomic E-state index is 0.0980. The minimum Gasteiger partial charge on any atom is -0.351 e. The van der Waals surface area contributed by atoms with Gasteiger partial charge in [-0.25, -0.2) is 8.42 Å². The van der Waals surface area contributed by atoms with Crippen LogP contribution in [0.25, 0.3) is 5.57 Å². The first-order valence-electron chi connectivity index (χ1n) is 10.8. The Balaban J connectivity index is 1.84. The lowest BCUT2D eigenvalue weighted by Gasteiger charge is -2.33. The van der Waals surface area contributed by atoms with Gasteiger partial charge in [0.25, 0.3) is 15.9 Å².